The Labute approximate surface area is 149 Å². The second-order valence-corrected chi connectivity index (χ2v) is 7.34. The highest BCUT2D eigenvalue weighted by molar-refractivity contribution is 7.89. The molecule has 4 N–H and O–H groups in total. The minimum Gasteiger partial charge on any atom is -0.493 e. The van der Waals surface area contributed by atoms with Crippen molar-refractivity contribution >= 4 is 10.0 Å². The zero-order chi connectivity index (χ0) is 18.7. The number of sulfonamides is 1. The lowest BCUT2D eigenvalue weighted by atomic mass is 10.2. The topological polar surface area (TPSA) is 124 Å². The van der Waals surface area contributed by atoms with Crippen molar-refractivity contribution in [2.75, 3.05) is 0 Å². The van der Waals surface area contributed by atoms with Gasteiger partial charge in [0.1, 0.15) is 11.5 Å². The van der Waals surface area contributed by atoms with Crippen LogP contribution in [0.3, 0.4) is 0 Å². The quantitative estimate of drug-likeness (QED) is 0.524. The first-order valence-corrected chi connectivity index (χ1v) is 9.17. The van der Waals surface area contributed by atoms with Crippen LogP contribution in [0.1, 0.15) is 11.3 Å². The van der Waals surface area contributed by atoms with Crippen molar-refractivity contribution in [3.63, 3.8) is 0 Å². The van der Waals surface area contributed by atoms with Gasteiger partial charge in [-0.2, -0.15) is 0 Å². The number of aromatic amines is 2. The van der Waals surface area contributed by atoms with E-state index in [-0.39, 0.29) is 17.1 Å². The second kappa shape index (κ2) is 7.06. The van der Waals surface area contributed by atoms with Crippen molar-refractivity contribution in [1.82, 2.24) is 14.7 Å². The molecule has 9 heteroatoms. The van der Waals surface area contributed by atoms with Crippen LogP contribution in [0.5, 0.6) is 17.4 Å². The van der Waals surface area contributed by atoms with Gasteiger partial charge in [0.15, 0.2) is 0 Å². The maximum atomic E-state index is 12.3. The summed E-state index contributed by atoms with van der Waals surface area (Å²) in [4.78, 5) is 15.5. The predicted molar refractivity (Wildman–Crippen MR) is 94.8 cm³/mol. The Morgan fingerprint density at radius 3 is 2.38 bits per heavy atom. The van der Waals surface area contributed by atoms with Crippen LogP contribution >= 0.6 is 0 Å². The molecule has 3 aromatic rings. The Morgan fingerprint density at radius 1 is 1.08 bits per heavy atom. The lowest BCUT2D eigenvalue weighted by Crippen LogP contribution is -2.23. The summed E-state index contributed by atoms with van der Waals surface area (Å²) in [5, 5.41) is 9.46. The van der Waals surface area contributed by atoms with Gasteiger partial charge >= 0.3 is 5.69 Å². The van der Waals surface area contributed by atoms with Crippen LogP contribution in [-0.2, 0) is 16.6 Å². The fraction of sp³-hybridized carbons (Fsp3) is 0.118. The van der Waals surface area contributed by atoms with Crippen LogP contribution in [0, 0.1) is 6.92 Å². The Kier molecular flexibility index (Phi) is 4.83. The van der Waals surface area contributed by atoms with Crippen LogP contribution in [0.15, 0.2) is 58.2 Å². The molecule has 8 nitrogen and oxygen atoms in total. The molecule has 136 valence electrons. The third kappa shape index (κ3) is 3.95. The number of aryl methyl sites for hydroxylation is 1. The summed E-state index contributed by atoms with van der Waals surface area (Å²) in [5.41, 5.74) is 0.402. The molecule has 0 aliphatic carbocycles. The van der Waals surface area contributed by atoms with Crippen LogP contribution in [0.25, 0.3) is 0 Å². The molecule has 0 aliphatic rings. The van der Waals surface area contributed by atoms with Crippen molar-refractivity contribution in [2.24, 2.45) is 0 Å². The smallest absolute Gasteiger partial charge is 0.326 e. The van der Waals surface area contributed by atoms with Gasteiger partial charge in [0, 0.05) is 0 Å². The number of nitrogens with one attached hydrogen (secondary N) is 3. The standard InChI is InChI=1S/C17H17N3O5S/c1-11-4-2-3-5-15(11)25-12-6-8-13(9-7-12)26(23,24)18-10-14-16(21)20-17(22)19-14/h2-9,18,21H,10H2,1H3,(H2,19,20,22). The van der Waals surface area contributed by atoms with Crippen molar-refractivity contribution < 1.29 is 18.3 Å². The Balaban J connectivity index is 1.71. The van der Waals surface area contributed by atoms with E-state index >= 15 is 0 Å². The van der Waals surface area contributed by atoms with E-state index in [0.29, 0.717) is 11.5 Å². The van der Waals surface area contributed by atoms with Gasteiger partial charge in [-0.25, -0.2) is 17.9 Å². The first-order chi connectivity index (χ1) is 12.3. The van der Waals surface area contributed by atoms with Gasteiger partial charge in [0.05, 0.1) is 17.1 Å². The molecule has 0 atom stereocenters. The number of aromatic nitrogens is 2. The normalized spacial score (nSPS) is 11.4. The number of H-pyrrole nitrogens is 2. The molecule has 2 aromatic carbocycles. The minimum atomic E-state index is -3.82. The molecule has 0 fully saturated rings. The number of benzene rings is 2. The number of para-hydroxylation sites is 1. The highest BCUT2D eigenvalue weighted by atomic mass is 32.2. The van der Waals surface area contributed by atoms with Crippen molar-refractivity contribution in [2.45, 2.75) is 18.4 Å². The van der Waals surface area contributed by atoms with E-state index in [1.807, 2.05) is 31.2 Å². The van der Waals surface area contributed by atoms with E-state index in [2.05, 4.69) is 14.7 Å². The zero-order valence-corrected chi connectivity index (χ0v) is 14.6. The van der Waals surface area contributed by atoms with Crippen molar-refractivity contribution in [3.8, 4) is 17.4 Å². The predicted octanol–water partition coefficient (Wildman–Crippen LogP) is 1.99. The van der Waals surface area contributed by atoms with E-state index in [4.69, 9.17) is 4.74 Å². The van der Waals surface area contributed by atoms with Gasteiger partial charge in [-0.15, -0.1) is 0 Å². The SMILES string of the molecule is Cc1ccccc1Oc1ccc(S(=O)(=O)NCc2[nH]c(=O)[nH]c2O)cc1. The molecule has 0 saturated heterocycles. The van der Waals surface area contributed by atoms with Crippen LogP contribution in [0.4, 0.5) is 0 Å². The van der Waals surface area contributed by atoms with E-state index < -0.39 is 21.6 Å². The zero-order valence-electron chi connectivity index (χ0n) is 13.8. The third-order valence-corrected chi connectivity index (χ3v) is 5.09. The largest absolute Gasteiger partial charge is 0.493 e. The average molecular weight is 375 g/mol. The molecular formula is C17H17N3O5S. The molecule has 0 spiro atoms. The Bertz CT molecular complexity index is 1070. The van der Waals surface area contributed by atoms with Gasteiger partial charge in [-0.1, -0.05) is 18.2 Å². The summed E-state index contributed by atoms with van der Waals surface area (Å²) < 4.78 is 32.7. The fourth-order valence-electron chi connectivity index (χ4n) is 2.27. The van der Waals surface area contributed by atoms with Gasteiger partial charge in [0.25, 0.3) is 0 Å². The number of hydrogen-bond donors (Lipinski definition) is 4. The maximum Gasteiger partial charge on any atom is 0.326 e. The maximum absolute atomic E-state index is 12.3. The lowest BCUT2D eigenvalue weighted by Gasteiger charge is -2.10. The number of imidazole rings is 1. The van der Waals surface area contributed by atoms with Gasteiger partial charge < -0.3 is 14.8 Å². The summed E-state index contributed by atoms with van der Waals surface area (Å²) in [6, 6.07) is 13.4. The van der Waals surface area contributed by atoms with Crippen LogP contribution in [0.2, 0.25) is 0 Å². The molecule has 1 heterocycles. The number of hydrogen-bond acceptors (Lipinski definition) is 5. The first-order valence-electron chi connectivity index (χ1n) is 7.68. The number of ether oxygens (including phenoxy) is 1. The molecule has 0 saturated carbocycles. The lowest BCUT2D eigenvalue weighted by molar-refractivity contribution is 0.447. The van der Waals surface area contributed by atoms with Gasteiger partial charge in [-0.3, -0.25) is 4.98 Å². The Hall–Kier alpha value is -3.04. The molecule has 1 aromatic heterocycles. The summed E-state index contributed by atoms with van der Waals surface area (Å²) in [6.07, 6.45) is 0. The van der Waals surface area contributed by atoms with Crippen LogP contribution in [-0.4, -0.2) is 23.5 Å². The minimum absolute atomic E-state index is 0.0343. The Morgan fingerprint density at radius 2 is 1.77 bits per heavy atom. The summed E-state index contributed by atoms with van der Waals surface area (Å²) in [6.45, 7) is 1.66. The average Bonchev–Trinajstić information content (AvgIpc) is 2.93. The van der Waals surface area contributed by atoms with Gasteiger partial charge in [0.2, 0.25) is 15.9 Å². The molecule has 0 aliphatic heterocycles. The highest BCUT2D eigenvalue weighted by Gasteiger charge is 2.16. The van der Waals surface area contributed by atoms with Crippen molar-refractivity contribution in [1.29, 1.82) is 0 Å². The number of aromatic hydroxyl groups is 1. The fourth-order valence-corrected chi connectivity index (χ4v) is 3.27. The highest BCUT2D eigenvalue weighted by Crippen LogP contribution is 2.25. The summed E-state index contributed by atoms with van der Waals surface area (Å²) in [5.74, 6) is 0.790. The molecule has 0 amide bonds. The van der Waals surface area contributed by atoms with E-state index in [9.17, 15) is 18.3 Å². The molecular weight excluding hydrogens is 358 g/mol. The molecule has 26 heavy (non-hydrogen) atoms. The molecule has 0 radical (unpaired) electrons. The van der Waals surface area contributed by atoms with Crippen molar-refractivity contribution in [3.05, 3.63) is 70.3 Å². The molecule has 3 rings (SSSR count). The van der Waals surface area contributed by atoms with E-state index in [1.54, 1.807) is 12.1 Å². The molecule has 0 unspecified atom stereocenters. The third-order valence-electron chi connectivity index (χ3n) is 3.68. The van der Waals surface area contributed by atoms with Crippen LogP contribution < -0.4 is 15.1 Å². The van der Waals surface area contributed by atoms with E-state index in [1.165, 1.54) is 12.1 Å². The molecule has 0 bridgehead atoms. The summed E-state index contributed by atoms with van der Waals surface area (Å²) >= 11 is 0. The van der Waals surface area contributed by atoms with E-state index in [0.717, 1.165) is 5.56 Å². The van der Waals surface area contributed by atoms with Gasteiger partial charge in [-0.05, 0) is 42.8 Å². The second-order valence-electron chi connectivity index (χ2n) is 5.57. The summed E-state index contributed by atoms with van der Waals surface area (Å²) in [7, 11) is -3.82. The number of rotatable bonds is 6. The monoisotopic (exact) mass is 375 g/mol. The first kappa shape index (κ1) is 17.8.